The lowest BCUT2D eigenvalue weighted by Gasteiger charge is -2.25. The molecule has 0 atom stereocenters. The number of nitrogens with one attached hydrogen (secondary N) is 1. The second-order valence-corrected chi connectivity index (χ2v) is 6.73. The van der Waals surface area contributed by atoms with Crippen molar-refractivity contribution in [2.45, 2.75) is 41.0 Å². The second kappa shape index (κ2) is 11.8. The number of fused-ring (bicyclic) bond motifs is 1. The highest BCUT2D eigenvalue weighted by Gasteiger charge is 2.17. The molecule has 152 valence electrons. The van der Waals surface area contributed by atoms with Gasteiger partial charge >= 0.3 is 0 Å². The molecule has 0 bridgehead atoms. The zero-order valence-corrected chi connectivity index (χ0v) is 18.2. The smallest absolute Gasteiger partial charge is 0.253 e. The van der Waals surface area contributed by atoms with Gasteiger partial charge < -0.3 is 15.0 Å². The molecule has 0 saturated carbocycles. The summed E-state index contributed by atoms with van der Waals surface area (Å²) in [5.74, 6) is 0.0783. The number of hydrogen-bond acceptors (Lipinski definition) is 4. The molecule has 0 aliphatic carbocycles. The van der Waals surface area contributed by atoms with Gasteiger partial charge in [0.25, 0.3) is 5.91 Å². The first-order chi connectivity index (χ1) is 13.0. The van der Waals surface area contributed by atoms with Gasteiger partial charge in [-0.15, -0.1) is 0 Å². The Hall–Kier alpha value is -1.85. The summed E-state index contributed by atoms with van der Waals surface area (Å²) in [6.45, 7) is 14.5. The van der Waals surface area contributed by atoms with Gasteiger partial charge in [0.05, 0.1) is 6.61 Å². The molecule has 27 heavy (non-hydrogen) atoms. The van der Waals surface area contributed by atoms with Crippen LogP contribution in [0, 0.1) is 0 Å². The number of methoxy groups -OCH3 is 1. The summed E-state index contributed by atoms with van der Waals surface area (Å²) in [5.41, 5.74) is 5.59. The van der Waals surface area contributed by atoms with Crippen molar-refractivity contribution < 1.29 is 9.53 Å². The van der Waals surface area contributed by atoms with Crippen molar-refractivity contribution in [2.24, 2.45) is 0 Å². The number of hydrogen-bond donors (Lipinski definition) is 1. The summed E-state index contributed by atoms with van der Waals surface area (Å²) in [4.78, 5) is 16.8. The highest BCUT2D eigenvalue weighted by molar-refractivity contribution is 5.95. The molecule has 1 aliphatic rings. The largest absolute Gasteiger partial charge is 0.383 e. The highest BCUT2D eigenvalue weighted by atomic mass is 16.5. The first-order valence-corrected chi connectivity index (χ1v) is 9.99. The van der Waals surface area contributed by atoms with Crippen molar-refractivity contribution in [3.8, 4) is 0 Å². The Morgan fingerprint density at radius 2 is 1.89 bits per heavy atom. The summed E-state index contributed by atoms with van der Waals surface area (Å²) < 4.78 is 5.13. The molecule has 0 saturated heterocycles. The quantitative estimate of drug-likeness (QED) is 0.745. The molecule has 0 aromatic heterocycles. The van der Waals surface area contributed by atoms with Gasteiger partial charge in [-0.05, 0) is 56.1 Å². The summed E-state index contributed by atoms with van der Waals surface area (Å²) in [5, 5.41) is 3.41. The van der Waals surface area contributed by atoms with Crippen LogP contribution in [0.5, 0.6) is 0 Å². The van der Waals surface area contributed by atoms with Gasteiger partial charge in [-0.2, -0.15) is 0 Å². The van der Waals surface area contributed by atoms with Gasteiger partial charge in [-0.3, -0.25) is 9.69 Å². The molecule has 1 aromatic carbocycles. The van der Waals surface area contributed by atoms with Crippen LogP contribution in [0.15, 0.2) is 29.5 Å². The lowest BCUT2D eigenvalue weighted by Crippen LogP contribution is -2.37. The normalized spacial score (nSPS) is 12.9. The van der Waals surface area contributed by atoms with Crippen molar-refractivity contribution in [1.29, 1.82) is 0 Å². The molecule has 1 aromatic rings. The van der Waals surface area contributed by atoms with Crippen LogP contribution in [0.25, 0.3) is 0 Å². The Bertz CT molecular complexity index is 640. The Balaban J connectivity index is 0.00000176. The van der Waals surface area contributed by atoms with Crippen molar-refractivity contribution >= 4 is 11.6 Å². The van der Waals surface area contributed by atoms with Gasteiger partial charge in [0.1, 0.15) is 0 Å². The van der Waals surface area contributed by atoms with Crippen LogP contribution in [-0.4, -0.2) is 62.7 Å². The van der Waals surface area contributed by atoms with Crippen molar-refractivity contribution in [3.63, 3.8) is 0 Å². The van der Waals surface area contributed by atoms with Crippen LogP contribution in [-0.2, 0) is 11.2 Å². The van der Waals surface area contributed by atoms with E-state index in [2.05, 4.69) is 31.0 Å². The van der Waals surface area contributed by atoms with Crippen LogP contribution >= 0.6 is 0 Å². The van der Waals surface area contributed by atoms with Crippen LogP contribution in [0.2, 0.25) is 0 Å². The van der Waals surface area contributed by atoms with Crippen molar-refractivity contribution in [2.75, 3.05) is 52.3 Å². The fourth-order valence-electron chi connectivity index (χ4n) is 2.98. The van der Waals surface area contributed by atoms with Crippen molar-refractivity contribution in [3.05, 3.63) is 40.6 Å². The lowest BCUT2D eigenvalue weighted by atomic mass is 9.97. The number of amides is 1. The van der Waals surface area contributed by atoms with Gasteiger partial charge in [0.2, 0.25) is 0 Å². The van der Waals surface area contributed by atoms with E-state index in [1.54, 1.807) is 12.0 Å². The third-order valence-electron chi connectivity index (χ3n) is 4.93. The van der Waals surface area contributed by atoms with Crippen LogP contribution < -0.4 is 5.32 Å². The molecular formula is C22H37N3O2. The number of anilines is 1. The zero-order valence-electron chi connectivity index (χ0n) is 18.2. The molecule has 1 heterocycles. The summed E-state index contributed by atoms with van der Waals surface area (Å²) in [7, 11) is 3.59. The molecule has 0 fully saturated rings. The first-order valence-electron chi connectivity index (χ1n) is 9.99. The predicted octanol–water partition coefficient (Wildman–Crippen LogP) is 4.02. The van der Waals surface area contributed by atoms with Gasteiger partial charge in [0.15, 0.2) is 0 Å². The van der Waals surface area contributed by atoms with E-state index in [4.69, 9.17) is 4.74 Å². The van der Waals surface area contributed by atoms with E-state index in [0.717, 1.165) is 43.9 Å². The summed E-state index contributed by atoms with van der Waals surface area (Å²) >= 11 is 0. The number of carbonyl (C=O) groups excluding carboxylic acids is 1. The minimum atomic E-state index is 0.0783. The molecule has 1 aliphatic heterocycles. The average molecular weight is 376 g/mol. The lowest BCUT2D eigenvalue weighted by molar-refractivity contribution is 0.0769. The number of likely N-dealkylation sites (N-methyl/N-ethyl adjacent to an activating group) is 2. The zero-order chi connectivity index (χ0) is 20.4. The molecule has 1 N–H and O–H groups in total. The second-order valence-electron chi connectivity index (χ2n) is 6.73. The van der Waals surface area contributed by atoms with E-state index < -0.39 is 0 Å². The molecule has 2 rings (SSSR count). The summed E-state index contributed by atoms with van der Waals surface area (Å²) in [6.07, 6.45) is 0.902. The molecule has 5 heteroatoms. The monoisotopic (exact) mass is 375 g/mol. The molecule has 5 nitrogen and oxygen atoms in total. The number of carbonyl (C=O) groups is 1. The Morgan fingerprint density at radius 1 is 1.19 bits per heavy atom. The first kappa shape index (κ1) is 23.2. The third kappa shape index (κ3) is 6.67. The van der Waals surface area contributed by atoms with Crippen LogP contribution in [0.3, 0.4) is 0 Å². The standard InChI is InChI=1S/C20H31N3O2.C2H6/c1-6-23(11-12-25-5)10-9-22(4)20(24)17-7-8-19-18(14-17)13-15(2)16(3)21-19;1-2/h7-8,14,21H,6,9-13H2,1-5H3;1-2H3. The van der Waals surface area contributed by atoms with E-state index in [0.29, 0.717) is 6.54 Å². The summed E-state index contributed by atoms with van der Waals surface area (Å²) in [6, 6.07) is 5.96. The predicted molar refractivity (Wildman–Crippen MR) is 114 cm³/mol. The maximum Gasteiger partial charge on any atom is 0.253 e. The highest BCUT2D eigenvalue weighted by Crippen LogP contribution is 2.28. The fraction of sp³-hybridized carbons (Fsp3) is 0.591. The molecule has 0 radical (unpaired) electrons. The van der Waals surface area contributed by atoms with Gasteiger partial charge in [-0.25, -0.2) is 0 Å². The minimum absolute atomic E-state index is 0.0783. The maximum atomic E-state index is 12.7. The Morgan fingerprint density at radius 3 is 2.52 bits per heavy atom. The number of rotatable bonds is 8. The van der Waals surface area contributed by atoms with E-state index in [1.807, 2.05) is 39.1 Å². The maximum absolute atomic E-state index is 12.7. The molecule has 0 unspecified atom stereocenters. The van der Waals surface area contributed by atoms with E-state index in [-0.39, 0.29) is 5.91 Å². The Kier molecular flexibility index (Phi) is 10.1. The van der Waals surface area contributed by atoms with Crippen molar-refractivity contribution in [1.82, 2.24) is 9.80 Å². The average Bonchev–Trinajstić information content (AvgIpc) is 2.69. The van der Waals surface area contributed by atoms with E-state index >= 15 is 0 Å². The third-order valence-corrected chi connectivity index (χ3v) is 4.93. The minimum Gasteiger partial charge on any atom is -0.383 e. The molecule has 0 spiro atoms. The van der Waals surface area contributed by atoms with Crippen LogP contribution in [0.1, 0.15) is 50.5 Å². The number of allylic oxidation sites excluding steroid dienone is 2. The topological polar surface area (TPSA) is 44.8 Å². The van der Waals surface area contributed by atoms with E-state index in [9.17, 15) is 4.79 Å². The number of benzene rings is 1. The van der Waals surface area contributed by atoms with Gasteiger partial charge in [-0.1, -0.05) is 20.8 Å². The molecular weight excluding hydrogens is 338 g/mol. The number of nitrogens with zero attached hydrogens (tertiary/aromatic N) is 2. The Labute approximate surface area is 165 Å². The SMILES string of the molecule is CC.CCN(CCOC)CCN(C)C(=O)c1ccc2c(c1)CC(C)=C(C)N2. The number of ether oxygens (including phenoxy) is 1. The van der Waals surface area contributed by atoms with Gasteiger partial charge in [0, 0.05) is 50.7 Å². The van der Waals surface area contributed by atoms with E-state index in [1.165, 1.54) is 16.8 Å². The fourth-order valence-corrected chi connectivity index (χ4v) is 2.98. The van der Waals surface area contributed by atoms with Crippen LogP contribution in [0.4, 0.5) is 5.69 Å². The molecule has 1 amide bonds.